The highest BCUT2D eigenvalue weighted by Crippen LogP contribution is 2.21. The first-order valence-electron chi connectivity index (χ1n) is 6.89. The average Bonchev–Trinajstić information content (AvgIpc) is 2.49. The molecule has 0 aliphatic rings. The molecular formula is C17H13BrN2O2S. The third-order valence-electron chi connectivity index (χ3n) is 3.31. The lowest BCUT2D eigenvalue weighted by atomic mass is 10.1. The van der Waals surface area contributed by atoms with Crippen molar-refractivity contribution in [2.75, 3.05) is 10.6 Å². The summed E-state index contributed by atoms with van der Waals surface area (Å²) in [5.41, 5.74) is 2.70. The Hall–Kier alpha value is -2.18. The van der Waals surface area contributed by atoms with Gasteiger partial charge in [-0.25, -0.2) is 4.79 Å². The van der Waals surface area contributed by atoms with Crippen LogP contribution in [0.1, 0.15) is 5.56 Å². The van der Waals surface area contributed by atoms with Crippen LogP contribution >= 0.6 is 28.1 Å². The molecule has 0 aliphatic heterocycles. The highest BCUT2D eigenvalue weighted by Gasteiger charge is 2.05. The molecule has 0 atom stereocenters. The number of anilines is 2. The monoisotopic (exact) mass is 388 g/mol. The molecule has 0 bridgehead atoms. The Morgan fingerprint density at radius 2 is 1.70 bits per heavy atom. The van der Waals surface area contributed by atoms with Crippen LogP contribution in [0.15, 0.2) is 62.2 Å². The maximum Gasteiger partial charge on any atom is 0.336 e. The molecule has 0 spiro atoms. The van der Waals surface area contributed by atoms with Crippen LogP contribution in [0.4, 0.5) is 11.4 Å². The van der Waals surface area contributed by atoms with Crippen molar-refractivity contribution in [3.8, 4) is 0 Å². The minimum absolute atomic E-state index is 0.359. The first-order chi connectivity index (χ1) is 11.0. The van der Waals surface area contributed by atoms with Gasteiger partial charge in [0.25, 0.3) is 0 Å². The van der Waals surface area contributed by atoms with Crippen molar-refractivity contribution < 1.29 is 4.42 Å². The fraction of sp³-hybridized carbons (Fsp3) is 0.0588. The van der Waals surface area contributed by atoms with Crippen LogP contribution in [0.25, 0.3) is 11.0 Å². The van der Waals surface area contributed by atoms with Crippen LogP contribution < -0.4 is 16.3 Å². The summed E-state index contributed by atoms with van der Waals surface area (Å²) in [7, 11) is 0. The smallest absolute Gasteiger partial charge is 0.336 e. The largest absolute Gasteiger partial charge is 0.423 e. The molecule has 1 aromatic heterocycles. The number of nitrogens with one attached hydrogen (secondary N) is 2. The Kier molecular flexibility index (Phi) is 4.45. The summed E-state index contributed by atoms with van der Waals surface area (Å²) in [6, 6.07) is 14.7. The van der Waals surface area contributed by atoms with E-state index >= 15 is 0 Å². The summed E-state index contributed by atoms with van der Waals surface area (Å²) in [4.78, 5) is 11.5. The van der Waals surface area contributed by atoms with Gasteiger partial charge in [0.15, 0.2) is 5.11 Å². The van der Waals surface area contributed by atoms with E-state index < -0.39 is 0 Å². The number of hydrogen-bond donors (Lipinski definition) is 2. The van der Waals surface area contributed by atoms with Gasteiger partial charge in [-0.3, -0.25) is 0 Å². The van der Waals surface area contributed by atoms with Gasteiger partial charge in [0.05, 0.1) is 0 Å². The van der Waals surface area contributed by atoms with E-state index in [2.05, 4.69) is 26.6 Å². The summed E-state index contributed by atoms with van der Waals surface area (Å²) < 4.78 is 6.23. The van der Waals surface area contributed by atoms with Crippen LogP contribution in [0, 0.1) is 6.92 Å². The molecule has 23 heavy (non-hydrogen) atoms. The molecule has 3 rings (SSSR count). The summed E-state index contributed by atoms with van der Waals surface area (Å²) in [6.07, 6.45) is 0. The number of aryl methyl sites for hydroxylation is 1. The topological polar surface area (TPSA) is 54.3 Å². The maximum atomic E-state index is 11.5. The standard InChI is InChI=1S/C17H13BrN2O2S/c1-10-8-16(21)22-15-9-13(6-7-14(10)15)20-17(23)19-12-4-2-11(18)3-5-12/h2-9H,1H3,(H2,19,20,23). The number of hydrogen-bond acceptors (Lipinski definition) is 3. The fourth-order valence-corrected chi connectivity index (χ4v) is 2.73. The summed E-state index contributed by atoms with van der Waals surface area (Å²) >= 11 is 8.69. The minimum atomic E-state index is -0.359. The lowest BCUT2D eigenvalue weighted by Gasteiger charge is -2.11. The summed E-state index contributed by atoms with van der Waals surface area (Å²) in [6.45, 7) is 1.88. The average molecular weight is 389 g/mol. The second-order valence-electron chi connectivity index (χ2n) is 5.05. The molecule has 0 saturated carbocycles. The summed E-state index contributed by atoms with van der Waals surface area (Å²) in [5.74, 6) is 0. The molecule has 0 aliphatic carbocycles. The molecule has 2 aromatic carbocycles. The van der Waals surface area contributed by atoms with Crippen LogP contribution in [0.2, 0.25) is 0 Å². The van der Waals surface area contributed by atoms with Gasteiger partial charge in [0.1, 0.15) is 5.58 Å². The van der Waals surface area contributed by atoms with E-state index in [0.717, 1.165) is 26.8 Å². The first-order valence-corrected chi connectivity index (χ1v) is 8.09. The van der Waals surface area contributed by atoms with Crippen molar-refractivity contribution in [2.45, 2.75) is 6.92 Å². The normalized spacial score (nSPS) is 10.5. The van der Waals surface area contributed by atoms with Gasteiger partial charge in [0.2, 0.25) is 0 Å². The minimum Gasteiger partial charge on any atom is -0.423 e. The summed E-state index contributed by atoms with van der Waals surface area (Å²) in [5, 5.41) is 7.54. The first kappa shape index (κ1) is 15.7. The number of rotatable bonds is 2. The Morgan fingerprint density at radius 3 is 2.43 bits per heavy atom. The van der Waals surface area contributed by atoms with Crippen LogP contribution in [-0.2, 0) is 0 Å². The van der Waals surface area contributed by atoms with Crippen molar-refractivity contribution in [3.05, 3.63) is 69.0 Å². The van der Waals surface area contributed by atoms with Gasteiger partial charge in [-0.1, -0.05) is 15.9 Å². The van der Waals surface area contributed by atoms with Crippen molar-refractivity contribution in [1.29, 1.82) is 0 Å². The molecule has 3 aromatic rings. The Labute approximate surface area is 146 Å². The molecule has 0 unspecified atom stereocenters. The van der Waals surface area contributed by atoms with Crippen LogP contribution in [0.5, 0.6) is 0 Å². The highest BCUT2D eigenvalue weighted by molar-refractivity contribution is 9.10. The fourth-order valence-electron chi connectivity index (χ4n) is 2.23. The van der Waals surface area contributed by atoms with Crippen molar-refractivity contribution in [1.82, 2.24) is 0 Å². The molecule has 2 N–H and O–H groups in total. The second-order valence-corrected chi connectivity index (χ2v) is 6.37. The number of benzene rings is 2. The lowest BCUT2D eigenvalue weighted by molar-refractivity contribution is 0.560. The SMILES string of the molecule is Cc1cc(=O)oc2cc(NC(=S)Nc3ccc(Br)cc3)ccc12. The molecular weight excluding hydrogens is 376 g/mol. The molecule has 0 saturated heterocycles. The predicted molar refractivity (Wildman–Crippen MR) is 101 cm³/mol. The Morgan fingerprint density at radius 1 is 1.04 bits per heavy atom. The molecule has 0 amide bonds. The maximum absolute atomic E-state index is 11.5. The Bertz CT molecular complexity index is 935. The van der Waals surface area contributed by atoms with E-state index in [-0.39, 0.29) is 5.63 Å². The molecule has 0 radical (unpaired) electrons. The van der Waals surface area contributed by atoms with E-state index in [4.69, 9.17) is 16.6 Å². The predicted octanol–water partition coefficient (Wildman–Crippen LogP) is 4.67. The Balaban J connectivity index is 1.79. The third-order valence-corrected chi connectivity index (χ3v) is 4.04. The van der Waals surface area contributed by atoms with Gasteiger partial charge in [-0.15, -0.1) is 0 Å². The third kappa shape index (κ3) is 3.78. The van der Waals surface area contributed by atoms with Gasteiger partial charge in [-0.05, 0) is 61.1 Å². The zero-order valence-electron chi connectivity index (χ0n) is 12.2. The molecule has 6 heteroatoms. The zero-order valence-corrected chi connectivity index (χ0v) is 14.6. The lowest BCUT2D eigenvalue weighted by Crippen LogP contribution is -2.18. The van der Waals surface area contributed by atoms with E-state index in [1.807, 2.05) is 43.3 Å². The number of thiocarbonyl (C=S) groups is 1. The highest BCUT2D eigenvalue weighted by atomic mass is 79.9. The van der Waals surface area contributed by atoms with Gasteiger partial charge in [-0.2, -0.15) is 0 Å². The van der Waals surface area contributed by atoms with Crippen molar-refractivity contribution >= 4 is 55.6 Å². The van der Waals surface area contributed by atoms with Crippen LogP contribution in [0.3, 0.4) is 0 Å². The quantitative estimate of drug-likeness (QED) is 0.493. The molecule has 1 heterocycles. The van der Waals surface area contributed by atoms with Gasteiger partial charge >= 0.3 is 5.63 Å². The van der Waals surface area contributed by atoms with Gasteiger partial charge in [0, 0.05) is 33.4 Å². The van der Waals surface area contributed by atoms with E-state index in [1.165, 1.54) is 6.07 Å². The van der Waals surface area contributed by atoms with E-state index in [0.29, 0.717) is 10.7 Å². The zero-order chi connectivity index (χ0) is 16.4. The van der Waals surface area contributed by atoms with Crippen molar-refractivity contribution in [3.63, 3.8) is 0 Å². The van der Waals surface area contributed by atoms with E-state index in [9.17, 15) is 4.79 Å². The number of halogens is 1. The van der Waals surface area contributed by atoms with E-state index in [1.54, 1.807) is 6.07 Å². The molecule has 0 fully saturated rings. The second kappa shape index (κ2) is 6.52. The van der Waals surface area contributed by atoms with Crippen molar-refractivity contribution in [2.24, 2.45) is 0 Å². The van der Waals surface area contributed by atoms with Crippen LogP contribution in [-0.4, -0.2) is 5.11 Å². The van der Waals surface area contributed by atoms with Gasteiger partial charge < -0.3 is 15.1 Å². The molecule has 116 valence electrons. The molecule has 4 nitrogen and oxygen atoms in total. The number of fused-ring (bicyclic) bond motifs is 1.